The molecule has 1 aliphatic rings. The van der Waals surface area contributed by atoms with Crippen molar-refractivity contribution in [2.45, 2.75) is 32.7 Å². The lowest BCUT2D eigenvalue weighted by Crippen LogP contribution is -2.35. The monoisotopic (exact) mass is 346 g/mol. The lowest BCUT2D eigenvalue weighted by Gasteiger charge is -2.25. The zero-order chi connectivity index (χ0) is 17.1. The van der Waals surface area contributed by atoms with Crippen LogP contribution in [0.3, 0.4) is 0 Å². The summed E-state index contributed by atoms with van der Waals surface area (Å²) in [7, 11) is 0. The van der Waals surface area contributed by atoms with Gasteiger partial charge in [-0.15, -0.1) is 6.58 Å². The highest BCUT2D eigenvalue weighted by Gasteiger charge is 2.24. The van der Waals surface area contributed by atoms with Gasteiger partial charge in [0.2, 0.25) is 5.91 Å². The van der Waals surface area contributed by atoms with Crippen molar-refractivity contribution in [3.8, 4) is 0 Å². The van der Waals surface area contributed by atoms with Gasteiger partial charge in [-0.2, -0.15) is 0 Å². The predicted molar refractivity (Wildman–Crippen MR) is 89.9 cm³/mol. The fourth-order valence-electron chi connectivity index (χ4n) is 2.48. The average Bonchev–Trinajstić information content (AvgIpc) is 3.17. The minimum Gasteiger partial charge on any atom is -0.361 e. The Morgan fingerprint density at radius 2 is 2.38 bits per heavy atom. The molecule has 2 aromatic rings. The van der Waals surface area contributed by atoms with Gasteiger partial charge in [0.15, 0.2) is 10.8 Å². The fraction of sp³-hybridized carbons (Fsp3) is 0.375. The van der Waals surface area contributed by atoms with E-state index in [1.807, 2.05) is 4.90 Å². The lowest BCUT2D eigenvalue weighted by molar-refractivity contribution is -0.132. The Balaban J connectivity index is 1.65. The van der Waals surface area contributed by atoms with Crippen molar-refractivity contribution in [3.05, 3.63) is 40.7 Å². The first-order valence-corrected chi connectivity index (χ1v) is 8.50. The maximum atomic E-state index is 12.1. The van der Waals surface area contributed by atoms with E-state index >= 15 is 0 Å². The summed E-state index contributed by atoms with van der Waals surface area (Å²) < 4.78 is 4.90. The molecule has 0 saturated carbocycles. The Labute approximate surface area is 143 Å². The smallest absolute Gasteiger partial charge is 0.279 e. The van der Waals surface area contributed by atoms with Crippen LogP contribution < -0.4 is 5.32 Å². The first-order chi connectivity index (χ1) is 11.6. The molecule has 2 aromatic heterocycles. The Hall–Kier alpha value is -2.48. The second-order valence-corrected chi connectivity index (χ2v) is 6.64. The Kier molecular flexibility index (Phi) is 4.75. The molecule has 1 N–H and O–H groups in total. The number of aryl methyl sites for hydroxylation is 1. The molecule has 0 unspecified atom stereocenters. The standard InChI is InChI=1S/C16H18N4O3S/c1-3-4-5-14(21)20-7-6-11-13(9-20)24-16(17-11)18-15(22)12-8-10(2)23-19-12/h3,8H,1,4-7,9H2,2H3,(H,17,18,22). The molecule has 2 amide bonds. The fourth-order valence-corrected chi connectivity index (χ4v) is 3.50. The molecule has 3 rings (SSSR count). The first-order valence-electron chi connectivity index (χ1n) is 7.68. The van der Waals surface area contributed by atoms with E-state index in [9.17, 15) is 9.59 Å². The molecule has 0 aromatic carbocycles. The molecule has 0 fully saturated rings. The Morgan fingerprint density at radius 3 is 3.08 bits per heavy atom. The summed E-state index contributed by atoms with van der Waals surface area (Å²) in [6, 6.07) is 1.57. The molecule has 24 heavy (non-hydrogen) atoms. The predicted octanol–water partition coefficient (Wildman–Crippen LogP) is 2.54. The number of fused-ring (bicyclic) bond motifs is 1. The van der Waals surface area contributed by atoms with Crippen molar-refractivity contribution < 1.29 is 14.1 Å². The Morgan fingerprint density at radius 1 is 1.54 bits per heavy atom. The van der Waals surface area contributed by atoms with Gasteiger partial charge in [0.25, 0.3) is 5.91 Å². The SMILES string of the molecule is C=CCCC(=O)N1CCc2nc(NC(=O)c3cc(C)on3)sc2C1. The quantitative estimate of drug-likeness (QED) is 0.841. The summed E-state index contributed by atoms with van der Waals surface area (Å²) in [6.45, 7) is 6.57. The van der Waals surface area contributed by atoms with Crippen molar-refractivity contribution in [1.29, 1.82) is 0 Å². The van der Waals surface area contributed by atoms with Crippen LogP contribution >= 0.6 is 11.3 Å². The number of hydrogen-bond acceptors (Lipinski definition) is 6. The zero-order valence-electron chi connectivity index (χ0n) is 13.4. The highest BCUT2D eigenvalue weighted by molar-refractivity contribution is 7.15. The van der Waals surface area contributed by atoms with Gasteiger partial charge in [0.05, 0.1) is 12.2 Å². The van der Waals surface area contributed by atoms with Crippen LogP contribution in [0, 0.1) is 6.92 Å². The minimum absolute atomic E-state index is 0.123. The molecule has 8 heteroatoms. The third-order valence-corrected chi connectivity index (χ3v) is 4.73. The zero-order valence-corrected chi connectivity index (χ0v) is 14.2. The van der Waals surface area contributed by atoms with E-state index in [2.05, 4.69) is 22.0 Å². The van der Waals surface area contributed by atoms with Crippen LogP contribution in [0.1, 0.15) is 39.7 Å². The van der Waals surface area contributed by atoms with Gasteiger partial charge >= 0.3 is 0 Å². The van der Waals surface area contributed by atoms with Crippen molar-refractivity contribution in [2.75, 3.05) is 11.9 Å². The second-order valence-electron chi connectivity index (χ2n) is 5.56. The van der Waals surface area contributed by atoms with Crippen LogP contribution in [0.5, 0.6) is 0 Å². The van der Waals surface area contributed by atoms with Gasteiger partial charge in [-0.05, 0) is 13.3 Å². The van der Waals surface area contributed by atoms with Gasteiger partial charge in [-0.25, -0.2) is 4.98 Å². The van der Waals surface area contributed by atoms with Crippen molar-refractivity contribution in [2.24, 2.45) is 0 Å². The van der Waals surface area contributed by atoms with Gasteiger partial charge in [-0.1, -0.05) is 22.6 Å². The molecule has 0 aliphatic carbocycles. The van der Waals surface area contributed by atoms with Gasteiger partial charge in [0.1, 0.15) is 5.76 Å². The van der Waals surface area contributed by atoms with E-state index in [1.165, 1.54) is 11.3 Å². The molecule has 7 nitrogen and oxygen atoms in total. The number of carbonyl (C=O) groups excluding carboxylic acids is 2. The number of nitrogens with one attached hydrogen (secondary N) is 1. The largest absolute Gasteiger partial charge is 0.361 e. The molecule has 0 bridgehead atoms. The summed E-state index contributed by atoms with van der Waals surface area (Å²) in [6.07, 6.45) is 3.61. The molecule has 0 radical (unpaired) electrons. The van der Waals surface area contributed by atoms with Crippen LogP contribution in [-0.2, 0) is 17.8 Å². The highest BCUT2D eigenvalue weighted by Crippen LogP contribution is 2.29. The number of amides is 2. The molecule has 1 aliphatic heterocycles. The second kappa shape index (κ2) is 6.96. The van der Waals surface area contributed by atoms with E-state index in [4.69, 9.17) is 4.52 Å². The number of rotatable bonds is 5. The van der Waals surface area contributed by atoms with Crippen LogP contribution in [0.25, 0.3) is 0 Å². The number of anilines is 1. The highest BCUT2D eigenvalue weighted by atomic mass is 32.1. The summed E-state index contributed by atoms with van der Waals surface area (Å²) in [5.74, 6) is 0.349. The Bertz CT molecular complexity index is 780. The van der Waals surface area contributed by atoms with E-state index < -0.39 is 0 Å². The summed E-state index contributed by atoms with van der Waals surface area (Å²) >= 11 is 1.39. The normalized spacial score (nSPS) is 13.5. The van der Waals surface area contributed by atoms with Gasteiger partial charge in [0, 0.05) is 30.3 Å². The van der Waals surface area contributed by atoms with Crippen LogP contribution in [0.15, 0.2) is 23.2 Å². The number of thiazole rings is 1. The van der Waals surface area contributed by atoms with Crippen LogP contribution in [0.4, 0.5) is 5.13 Å². The molecular weight excluding hydrogens is 328 g/mol. The summed E-state index contributed by atoms with van der Waals surface area (Å²) in [5, 5.41) is 6.94. The third-order valence-electron chi connectivity index (χ3n) is 3.73. The molecule has 126 valence electrons. The van der Waals surface area contributed by atoms with E-state index in [-0.39, 0.29) is 17.5 Å². The number of allylic oxidation sites excluding steroid dienone is 1. The number of carbonyl (C=O) groups is 2. The summed E-state index contributed by atoms with van der Waals surface area (Å²) in [4.78, 5) is 31.5. The molecule has 0 spiro atoms. The maximum Gasteiger partial charge on any atom is 0.279 e. The third kappa shape index (κ3) is 3.53. The topological polar surface area (TPSA) is 88.3 Å². The number of aromatic nitrogens is 2. The van der Waals surface area contributed by atoms with Gasteiger partial charge in [-0.3, -0.25) is 14.9 Å². The minimum atomic E-state index is -0.350. The van der Waals surface area contributed by atoms with Crippen molar-refractivity contribution in [3.63, 3.8) is 0 Å². The summed E-state index contributed by atoms with van der Waals surface area (Å²) in [5.41, 5.74) is 1.17. The molecular formula is C16H18N4O3S. The van der Waals surface area contributed by atoms with Crippen LogP contribution in [-0.4, -0.2) is 33.4 Å². The van der Waals surface area contributed by atoms with Crippen LogP contribution in [0.2, 0.25) is 0 Å². The first kappa shape index (κ1) is 16.4. The van der Waals surface area contributed by atoms with E-state index in [1.54, 1.807) is 19.1 Å². The molecule has 3 heterocycles. The number of nitrogens with zero attached hydrogens (tertiary/aromatic N) is 3. The number of hydrogen-bond donors (Lipinski definition) is 1. The average molecular weight is 346 g/mol. The van der Waals surface area contributed by atoms with E-state index in [0.29, 0.717) is 43.2 Å². The molecule has 0 atom stereocenters. The lowest BCUT2D eigenvalue weighted by atomic mass is 10.1. The van der Waals surface area contributed by atoms with Crippen molar-refractivity contribution in [1.82, 2.24) is 15.0 Å². The van der Waals surface area contributed by atoms with Crippen molar-refractivity contribution >= 4 is 28.3 Å². The maximum absolute atomic E-state index is 12.1. The van der Waals surface area contributed by atoms with Gasteiger partial charge < -0.3 is 9.42 Å². The van der Waals surface area contributed by atoms with E-state index in [0.717, 1.165) is 10.6 Å². The molecule has 0 saturated heterocycles.